The van der Waals surface area contributed by atoms with Gasteiger partial charge in [0.2, 0.25) is 11.1 Å². The molecule has 1 aromatic carbocycles. The van der Waals surface area contributed by atoms with Gasteiger partial charge in [-0.25, -0.2) is 4.68 Å². The zero-order valence-corrected chi connectivity index (χ0v) is 19.5. The molecule has 3 rings (SSSR count). The number of nitrogens with zero attached hydrogens (tertiary/aromatic N) is 3. The molecule has 0 bridgehead atoms. The van der Waals surface area contributed by atoms with Gasteiger partial charge in [0.15, 0.2) is 5.82 Å². The summed E-state index contributed by atoms with van der Waals surface area (Å²) in [5, 5.41) is 11.7. The number of amides is 1. The van der Waals surface area contributed by atoms with E-state index < -0.39 is 0 Å². The lowest BCUT2D eigenvalue weighted by atomic mass is 9.97. The number of hydrogen-bond donors (Lipinski definition) is 2. The van der Waals surface area contributed by atoms with Crippen LogP contribution in [0.5, 0.6) is 5.75 Å². The Bertz CT molecular complexity index is 923. The number of rotatable bonds is 10. The van der Waals surface area contributed by atoms with Crippen LogP contribution in [0.1, 0.15) is 68.8 Å². The SMILES string of the molecule is Cc1ccc(C(C)C)c(OCc2nnc(SCC(=O)NCCC3=CCCCC3)n2N)c1. The Hall–Kier alpha value is -2.48. The molecule has 1 amide bonds. The normalized spacial score (nSPS) is 13.9. The summed E-state index contributed by atoms with van der Waals surface area (Å²) in [6, 6.07) is 6.20. The van der Waals surface area contributed by atoms with Crippen LogP contribution in [0, 0.1) is 6.92 Å². The second kappa shape index (κ2) is 11.2. The summed E-state index contributed by atoms with van der Waals surface area (Å²) in [4.78, 5) is 12.1. The summed E-state index contributed by atoms with van der Waals surface area (Å²) in [6.07, 6.45) is 8.11. The molecule has 1 aliphatic rings. The lowest BCUT2D eigenvalue weighted by Gasteiger charge is -2.14. The highest BCUT2D eigenvalue weighted by molar-refractivity contribution is 7.99. The van der Waals surface area contributed by atoms with Gasteiger partial charge >= 0.3 is 0 Å². The van der Waals surface area contributed by atoms with Gasteiger partial charge < -0.3 is 15.9 Å². The smallest absolute Gasteiger partial charge is 0.230 e. The van der Waals surface area contributed by atoms with Crippen molar-refractivity contribution < 1.29 is 9.53 Å². The minimum absolute atomic E-state index is 0.0245. The first-order valence-electron chi connectivity index (χ1n) is 10.9. The lowest BCUT2D eigenvalue weighted by molar-refractivity contribution is -0.118. The number of allylic oxidation sites excluding steroid dienone is 1. The third-order valence-corrected chi connectivity index (χ3v) is 6.31. The van der Waals surface area contributed by atoms with Crippen molar-refractivity contribution in [3.05, 3.63) is 46.8 Å². The van der Waals surface area contributed by atoms with E-state index >= 15 is 0 Å². The monoisotopic (exact) mass is 443 g/mol. The molecule has 0 unspecified atom stereocenters. The highest BCUT2D eigenvalue weighted by atomic mass is 32.2. The van der Waals surface area contributed by atoms with Crippen LogP contribution >= 0.6 is 11.8 Å². The molecule has 2 aromatic rings. The zero-order valence-electron chi connectivity index (χ0n) is 18.7. The molecule has 8 heteroatoms. The van der Waals surface area contributed by atoms with Crippen LogP contribution in [0.15, 0.2) is 35.0 Å². The van der Waals surface area contributed by atoms with Crippen molar-refractivity contribution in [2.75, 3.05) is 18.1 Å². The van der Waals surface area contributed by atoms with Crippen LogP contribution in [-0.4, -0.2) is 33.1 Å². The average molecular weight is 444 g/mol. The van der Waals surface area contributed by atoms with Gasteiger partial charge in [0.25, 0.3) is 0 Å². The largest absolute Gasteiger partial charge is 0.485 e. The van der Waals surface area contributed by atoms with Crippen LogP contribution < -0.4 is 15.9 Å². The van der Waals surface area contributed by atoms with E-state index in [0.717, 1.165) is 29.7 Å². The van der Waals surface area contributed by atoms with Gasteiger partial charge in [-0.3, -0.25) is 4.79 Å². The van der Waals surface area contributed by atoms with E-state index in [1.165, 1.54) is 41.3 Å². The molecule has 1 aromatic heterocycles. The van der Waals surface area contributed by atoms with Crippen molar-refractivity contribution >= 4 is 17.7 Å². The van der Waals surface area contributed by atoms with Crippen molar-refractivity contribution in [2.24, 2.45) is 0 Å². The molecule has 1 aliphatic carbocycles. The molecular formula is C23H33N5O2S. The number of ether oxygens (including phenoxy) is 1. The third kappa shape index (κ3) is 6.75. The van der Waals surface area contributed by atoms with Crippen molar-refractivity contribution in [1.82, 2.24) is 20.2 Å². The number of thioether (sulfide) groups is 1. The molecule has 1 heterocycles. The molecule has 0 radical (unpaired) electrons. The minimum Gasteiger partial charge on any atom is -0.485 e. The van der Waals surface area contributed by atoms with Crippen molar-refractivity contribution in [3.8, 4) is 5.75 Å². The molecule has 31 heavy (non-hydrogen) atoms. The number of hydrogen-bond acceptors (Lipinski definition) is 6. The Morgan fingerprint density at radius 2 is 2.16 bits per heavy atom. The number of benzene rings is 1. The molecule has 0 saturated carbocycles. The summed E-state index contributed by atoms with van der Waals surface area (Å²) in [6.45, 7) is 7.20. The number of carbonyl (C=O) groups excluding carboxylic acids is 1. The predicted molar refractivity (Wildman–Crippen MR) is 125 cm³/mol. The fourth-order valence-electron chi connectivity index (χ4n) is 3.57. The van der Waals surface area contributed by atoms with E-state index in [-0.39, 0.29) is 18.3 Å². The Kier molecular flexibility index (Phi) is 8.40. The highest BCUT2D eigenvalue weighted by Crippen LogP contribution is 2.28. The van der Waals surface area contributed by atoms with Crippen LogP contribution in [0.4, 0.5) is 0 Å². The standard InChI is InChI=1S/C23H33N5O2S/c1-16(2)19-10-9-17(3)13-20(19)30-14-21-26-27-23(28(21)24)31-15-22(29)25-12-11-18-7-5-4-6-8-18/h7,9-10,13,16H,4-6,8,11-12,14-15,24H2,1-3H3,(H,25,29). The van der Waals surface area contributed by atoms with Gasteiger partial charge in [-0.1, -0.05) is 49.4 Å². The molecule has 0 fully saturated rings. The number of carbonyl (C=O) groups is 1. The zero-order chi connectivity index (χ0) is 22.2. The first kappa shape index (κ1) is 23.2. The lowest BCUT2D eigenvalue weighted by Crippen LogP contribution is -2.27. The van der Waals surface area contributed by atoms with Crippen LogP contribution in [0.2, 0.25) is 0 Å². The molecule has 7 nitrogen and oxygen atoms in total. The van der Waals surface area contributed by atoms with Gasteiger partial charge in [-0.2, -0.15) is 0 Å². The molecule has 0 atom stereocenters. The van der Waals surface area contributed by atoms with E-state index in [1.54, 1.807) is 0 Å². The number of aromatic nitrogens is 3. The Morgan fingerprint density at radius 1 is 1.32 bits per heavy atom. The van der Waals surface area contributed by atoms with Gasteiger partial charge in [-0.15, -0.1) is 10.2 Å². The van der Waals surface area contributed by atoms with Crippen molar-refractivity contribution in [2.45, 2.75) is 70.6 Å². The molecule has 0 saturated heterocycles. The second-order valence-corrected chi connectivity index (χ2v) is 9.19. The van der Waals surface area contributed by atoms with Gasteiger partial charge in [0.1, 0.15) is 12.4 Å². The summed E-state index contributed by atoms with van der Waals surface area (Å²) >= 11 is 1.28. The number of aryl methyl sites for hydroxylation is 1. The highest BCUT2D eigenvalue weighted by Gasteiger charge is 2.15. The number of nitrogen functional groups attached to an aromatic ring is 1. The van der Waals surface area contributed by atoms with E-state index in [0.29, 0.717) is 23.4 Å². The fourth-order valence-corrected chi connectivity index (χ4v) is 4.27. The summed E-state index contributed by atoms with van der Waals surface area (Å²) < 4.78 is 7.40. The predicted octanol–water partition coefficient (Wildman–Crippen LogP) is 4.10. The van der Waals surface area contributed by atoms with Gasteiger partial charge in [0, 0.05) is 6.54 Å². The fraction of sp³-hybridized carbons (Fsp3) is 0.522. The first-order valence-corrected chi connectivity index (χ1v) is 11.9. The van der Waals surface area contributed by atoms with E-state index in [2.05, 4.69) is 47.6 Å². The van der Waals surface area contributed by atoms with Crippen LogP contribution in [0.25, 0.3) is 0 Å². The summed E-state index contributed by atoms with van der Waals surface area (Å²) in [5.74, 6) is 8.06. The minimum atomic E-state index is -0.0245. The Balaban J connectivity index is 1.47. The van der Waals surface area contributed by atoms with Crippen LogP contribution in [0.3, 0.4) is 0 Å². The Morgan fingerprint density at radius 3 is 2.90 bits per heavy atom. The summed E-state index contributed by atoms with van der Waals surface area (Å²) in [7, 11) is 0. The van der Waals surface area contributed by atoms with Crippen molar-refractivity contribution in [3.63, 3.8) is 0 Å². The topological polar surface area (TPSA) is 95.1 Å². The Labute approximate surface area is 188 Å². The average Bonchev–Trinajstić information content (AvgIpc) is 3.10. The quantitative estimate of drug-likeness (QED) is 0.326. The first-order chi connectivity index (χ1) is 14.9. The second-order valence-electron chi connectivity index (χ2n) is 8.25. The van der Waals surface area contributed by atoms with Crippen LogP contribution in [-0.2, 0) is 11.4 Å². The molecular weight excluding hydrogens is 410 g/mol. The van der Waals surface area contributed by atoms with Crippen molar-refractivity contribution in [1.29, 1.82) is 0 Å². The molecule has 0 spiro atoms. The molecule has 0 aliphatic heterocycles. The summed E-state index contributed by atoms with van der Waals surface area (Å²) in [5.41, 5.74) is 3.74. The molecule has 168 valence electrons. The maximum Gasteiger partial charge on any atom is 0.230 e. The van der Waals surface area contributed by atoms with E-state index in [1.807, 2.05) is 13.0 Å². The third-order valence-electron chi connectivity index (χ3n) is 5.37. The van der Waals surface area contributed by atoms with Gasteiger partial charge in [0.05, 0.1) is 5.75 Å². The molecule has 3 N–H and O–H groups in total. The van der Waals surface area contributed by atoms with E-state index in [4.69, 9.17) is 10.6 Å². The van der Waals surface area contributed by atoms with E-state index in [9.17, 15) is 4.79 Å². The van der Waals surface area contributed by atoms with Gasteiger partial charge in [-0.05, 0) is 62.1 Å². The number of nitrogens with one attached hydrogen (secondary N) is 1. The maximum atomic E-state index is 12.1. The maximum absolute atomic E-state index is 12.1. The number of nitrogens with two attached hydrogens (primary N) is 1.